The van der Waals surface area contributed by atoms with Crippen LogP contribution in [0.15, 0.2) is 73.3 Å². The van der Waals surface area contributed by atoms with Crippen molar-refractivity contribution in [2.45, 2.75) is 12.8 Å². The second-order valence-corrected chi connectivity index (χ2v) is 5.13. The lowest BCUT2D eigenvalue weighted by Crippen LogP contribution is -2.31. The number of ketones is 1. The highest BCUT2D eigenvalue weighted by Gasteiger charge is 2.35. The molecule has 0 unspecified atom stereocenters. The third-order valence-corrected chi connectivity index (χ3v) is 3.68. The van der Waals surface area contributed by atoms with Gasteiger partial charge in [0.25, 0.3) is 0 Å². The van der Waals surface area contributed by atoms with E-state index in [9.17, 15) is 9.59 Å². The number of ether oxygens (including phenoxy) is 1. The molecule has 2 atom stereocenters. The van der Waals surface area contributed by atoms with Gasteiger partial charge in [-0.3, -0.25) is 9.59 Å². The van der Waals surface area contributed by atoms with Crippen molar-refractivity contribution in [3.8, 4) is 0 Å². The Labute approximate surface area is 136 Å². The maximum Gasteiger partial charge on any atom is 0.317 e. The van der Waals surface area contributed by atoms with Gasteiger partial charge in [-0.25, -0.2) is 0 Å². The summed E-state index contributed by atoms with van der Waals surface area (Å²) in [5, 5.41) is 0. The van der Waals surface area contributed by atoms with Crippen molar-refractivity contribution in [2.75, 3.05) is 6.61 Å². The number of rotatable bonds is 7. The summed E-state index contributed by atoms with van der Waals surface area (Å²) in [5.74, 6) is -2.13. The minimum atomic E-state index is -0.933. The first-order valence-corrected chi connectivity index (χ1v) is 7.62. The van der Waals surface area contributed by atoms with E-state index < -0.39 is 17.8 Å². The van der Waals surface area contributed by atoms with Crippen LogP contribution in [-0.4, -0.2) is 18.4 Å². The van der Waals surface area contributed by atoms with Crippen LogP contribution in [0.2, 0.25) is 0 Å². The zero-order chi connectivity index (χ0) is 16.7. The van der Waals surface area contributed by atoms with Crippen molar-refractivity contribution in [1.82, 2.24) is 0 Å². The van der Waals surface area contributed by atoms with E-state index in [-0.39, 0.29) is 12.4 Å². The van der Waals surface area contributed by atoms with Crippen molar-refractivity contribution < 1.29 is 14.3 Å². The van der Waals surface area contributed by atoms with Gasteiger partial charge in [-0.2, -0.15) is 0 Å². The molecule has 3 nitrogen and oxygen atoms in total. The molecule has 3 heteroatoms. The first kappa shape index (κ1) is 16.7. The fourth-order valence-corrected chi connectivity index (χ4v) is 2.57. The molecule has 0 spiro atoms. The van der Waals surface area contributed by atoms with Gasteiger partial charge in [0, 0.05) is 11.5 Å². The Morgan fingerprint density at radius 1 is 1.04 bits per heavy atom. The maximum atomic E-state index is 12.9. The van der Waals surface area contributed by atoms with Crippen LogP contribution in [0.4, 0.5) is 0 Å². The van der Waals surface area contributed by atoms with Crippen LogP contribution in [-0.2, 0) is 9.53 Å². The molecule has 2 aromatic rings. The van der Waals surface area contributed by atoms with Crippen LogP contribution in [0.1, 0.15) is 28.8 Å². The number of esters is 1. The van der Waals surface area contributed by atoms with E-state index in [0.29, 0.717) is 5.56 Å². The van der Waals surface area contributed by atoms with Gasteiger partial charge in [-0.15, -0.1) is 6.58 Å². The molecule has 0 bridgehead atoms. The molecule has 118 valence electrons. The van der Waals surface area contributed by atoms with E-state index >= 15 is 0 Å². The summed E-state index contributed by atoms with van der Waals surface area (Å²) in [6.45, 7) is 5.78. The van der Waals surface area contributed by atoms with E-state index in [1.807, 2.05) is 36.4 Å². The second-order valence-electron chi connectivity index (χ2n) is 5.13. The zero-order valence-electron chi connectivity index (χ0n) is 13.1. The first-order chi connectivity index (χ1) is 11.2. The van der Waals surface area contributed by atoms with E-state index in [1.165, 1.54) is 0 Å². The quantitative estimate of drug-likeness (QED) is 0.336. The van der Waals surface area contributed by atoms with Gasteiger partial charge in [0.1, 0.15) is 5.92 Å². The molecule has 0 heterocycles. The van der Waals surface area contributed by atoms with Crippen LogP contribution < -0.4 is 0 Å². The van der Waals surface area contributed by atoms with E-state index in [0.717, 1.165) is 5.56 Å². The Hall–Kier alpha value is -2.68. The number of hydrogen-bond acceptors (Lipinski definition) is 3. The highest BCUT2D eigenvalue weighted by atomic mass is 16.5. The second kappa shape index (κ2) is 8.08. The standard InChI is InChI=1S/C20H20O3/c1-3-17(15-11-7-5-8-12-15)18(20(22)23-4-2)19(21)16-13-9-6-10-14-16/h3,5-14,17-18H,1,4H2,2H3/t17-,18+/m0/s1. The number of carbonyl (C=O) groups excluding carboxylic acids is 2. The lowest BCUT2D eigenvalue weighted by molar-refractivity contribution is -0.146. The van der Waals surface area contributed by atoms with Gasteiger partial charge in [0.15, 0.2) is 5.78 Å². The van der Waals surface area contributed by atoms with Crippen molar-refractivity contribution in [3.63, 3.8) is 0 Å². The van der Waals surface area contributed by atoms with E-state index in [2.05, 4.69) is 6.58 Å². The molecule has 0 aliphatic carbocycles. The molecule has 0 fully saturated rings. The van der Waals surface area contributed by atoms with Gasteiger partial charge < -0.3 is 4.74 Å². The predicted octanol–water partition coefficient (Wildman–Crippen LogP) is 4.02. The molecule has 2 rings (SSSR count). The minimum absolute atomic E-state index is 0.232. The molecule has 0 saturated carbocycles. The topological polar surface area (TPSA) is 43.4 Å². The third-order valence-electron chi connectivity index (χ3n) is 3.68. The highest BCUT2D eigenvalue weighted by molar-refractivity contribution is 6.09. The predicted molar refractivity (Wildman–Crippen MR) is 90.3 cm³/mol. The zero-order valence-corrected chi connectivity index (χ0v) is 13.1. The monoisotopic (exact) mass is 308 g/mol. The largest absolute Gasteiger partial charge is 0.465 e. The van der Waals surface area contributed by atoms with E-state index in [4.69, 9.17) is 4.74 Å². The molecular weight excluding hydrogens is 288 g/mol. The molecule has 23 heavy (non-hydrogen) atoms. The Bertz CT molecular complexity index is 662. The number of allylic oxidation sites excluding steroid dienone is 1. The molecule has 0 aliphatic rings. The average molecular weight is 308 g/mol. The SMILES string of the molecule is C=C[C@@H](c1ccccc1)[C@@H](C(=O)OCC)C(=O)c1ccccc1. The van der Waals surface area contributed by atoms with Gasteiger partial charge in [0.2, 0.25) is 0 Å². The van der Waals surface area contributed by atoms with Crippen LogP contribution in [0.5, 0.6) is 0 Å². The van der Waals surface area contributed by atoms with Crippen molar-refractivity contribution in [3.05, 3.63) is 84.4 Å². The number of benzene rings is 2. The maximum absolute atomic E-state index is 12.9. The Morgan fingerprint density at radius 2 is 1.61 bits per heavy atom. The van der Waals surface area contributed by atoms with Gasteiger partial charge in [-0.05, 0) is 12.5 Å². The Morgan fingerprint density at radius 3 is 2.13 bits per heavy atom. The molecule has 0 aliphatic heterocycles. The van der Waals surface area contributed by atoms with Crippen LogP contribution in [0.25, 0.3) is 0 Å². The summed E-state index contributed by atoms with van der Waals surface area (Å²) in [7, 11) is 0. The molecule has 0 saturated heterocycles. The fraction of sp³-hybridized carbons (Fsp3) is 0.200. The lowest BCUT2D eigenvalue weighted by Gasteiger charge is -2.22. The summed E-state index contributed by atoms with van der Waals surface area (Å²) >= 11 is 0. The first-order valence-electron chi connectivity index (χ1n) is 7.62. The summed E-state index contributed by atoms with van der Waals surface area (Å²) in [5.41, 5.74) is 1.36. The molecule has 0 amide bonds. The Kier molecular flexibility index (Phi) is 5.87. The molecule has 0 radical (unpaired) electrons. The lowest BCUT2D eigenvalue weighted by atomic mass is 9.81. The van der Waals surface area contributed by atoms with Crippen LogP contribution in [0.3, 0.4) is 0 Å². The highest BCUT2D eigenvalue weighted by Crippen LogP contribution is 2.30. The van der Waals surface area contributed by atoms with Crippen molar-refractivity contribution >= 4 is 11.8 Å². The molecular formula is C20H20O3. The summed E-state index contributed by atoms with van der Waals surface area (Å²) in [4.78, 5) is 25.3. The van der Waals surface area contributed by atoms with Gasteiger partial charge >= 0.3 is 5.97 Å². The smallest absolute Gasteiger partial charge is 0.317 e. The average Bonchev–Trinajstić information content (AvgIpc) is 2.60. The fourth-order valence-electron chi connectivity index (χ4n) is 2.57. The van der Waals surface area contributed by atoms with Crippen LogP contribution >= 0.6 is 0 Å². The summed E-state index contributed by atoms with van der Waals surface area (Å²) < 4.78 is 5.14. The number of Topliss-reactive ketones (excluding diaryl/α,β-unsaturated/α-hetero) is 1. The third kappa shape index (κ3) is 3.95. The normalized spacial score (nSPS) is 12.9. The molecule has 0 N–H and O–H groups in total. The molecule has 0 aromatic heterocycles. The van der Waals surface area contributed by atoms with Crippen LogP contribution in [0, 0.1) is 5.92 Å². The summed E-state index contributed by atoms with van der Waals surface area (Å²) in [6.07, 6.45) is 1.64. The minimum Gasteiger partial charge on any atom is -0.465 e. The number of carbonyl (C=O) groups is 2. The molecule has 2 aromatic carbocycles. The van der Waals surface area contributed by atoms with Crippen molar-refractivity contribution in [1.29, 1.82) is 0 Å². The van der Waals surface area contributed by atoms with Crippen molar-refractivity contribution in [2.24, 2.45) is 5.92 Å². The van der Waals surface area contributed by atoms with E-state index in [1.54, 1.807) is 37.3 Å². The van der Waals surface area contributed by atoms with Gasteiger partial charge in [-0.1, -0.05) is 66.7 Å². The Balaban J connectivity index is 2.43. The van der Waals surface area contributed by atoms with Gasteiger partial charge in [0.05, 0.1) is 6.61 Å². The summed E-state index contributed by atoms with van der Waals surface area (Å²) in [6, 6.07) is 18.2. The number of hydrogen-bond donors (Lipinski definition) is 0.